The monoisotopic (exact) mass is 369 g/mol. The van der Waals surface area contributed by atoms with Crippen molar-refractivity contribution in [1.82, 2.24) is 0 Å². The molecule has 2 bridgehead atoms. The number of hydrogen-bond acceptors (Lipinski definition) is 4. The van der Waals surface area contributed by atoms with E-state index in [-0.39, 0.29) is 18.5 Å². The van der Waals surface area contributed by atoms with Gasteiger partial charge in [-0.3, -0.25) is 0 Å². The lowest BCUT2D eigenvalue weighted by atomic mass is 9.80. The van der Waals surface area contributed by atoms with E-state index in [9.17, 15) is 23.1 Å². The van der Waals surface area contributed by atoms with Crippen molar-refractivity contribution < 1.29 is 32.5 Å². The Balaban J connectivity index is 1.42. The van der Waals surface area contributed by atoms with Gasteiger partial charge in [0.25, 0.3) is 0 Å². The zero-order valence-electron chi connectivity index (χ0n) is 14.1. The third-order valence-electron chi connectivity index (χ3n) is 6.39. The van der Waals surface area contributed by atoms with Gasteiger partial charge in [-0.25, -0.2) is 0 Å². The molecule has 3 aliphatic rings. The number of aromatic carboxylic acids is 1. The Labute approximate surface area is 149 Å². The molecular weight excluding hydrogens is 349 g/mol. The van der Waals surface area contributed by atoms with Crippen LogP contribution in [0.5, 0.6) is 5.75 Å². The van der Waals surface area contributed by atoms with E-state index in [1.54, 1.807) is 0 Å². The maximum absolute atomic E-state index is 13.1. The van der Waals surface area contributed by atoms with Crippen LogP contribution >= 0.6 is 0 Å². The average Bonchev–Trinajstić information content (AvgIpc) is 3.26. The lowest BCUT2D eigenvalue weighted by Gasteiger charge is -2.31. The van der Waals surface area contributed by atoms with Crippen molar-refractivity contribution in [2.45, 2.75) is 44.4 Å². The Morgan fingerprint density at radius 1 is 1.15 bits per heavy atom. The van der Waals surface area contributed by atoms with Crippen molar-refractivity contribution in [3.8, 4) is 5.75 Å². The van der Waals surface area contributed by atoms with E-state index < -0.39 is 23.5 Å². The van der Waals surface area contributed by atoms with E-state index >= 15 is 0 Å². The van der Waals surface area contributed by atoms with Gasteiger partial charge in [0.2, 0.25) is 0 Å². The summed E-state index contributed by atoms with van der Waals surface area (Å²) < 4.78 is 50.3. The van der Waals surface area contributed by atoms with E-state index in [1.807, 2.05) is 0 Å². The van der Waals surface area contributed by atoms with Crippen LogP contribution in [0.25, 0.3) is 0 Å². The number of carboxylic acids is 1. The Hall–Kier alpha value is -1.76. The molecule has 0 radical (unpaired) electrons. The van der Waals surface area contributed by atoms with Crippen LogP contribution in [0.4, 0.5) is 13.2 Å². The summed E-state index contributed by atoms with van der Waals surface area (Å²) in [6.07, 6.45) is 1.25. The van der Waals surface area contributed by atoms with Gasteiger partial charge in [-0.15, -0.1) is 0 Å². The minimum Gasteiger partial charge on any atom is -0.545 e. The topological polar surface area (TPSA) is 58.6 Å². The fraction of sp³-hybridized carbons (Fsp3) is 0.632. The van der Waals surface area contributed by atoms with Crippen LogP contribution in [0.2, 0.25) is 0 Å². The SMILES string of the molecule is O=C([O-])c1ccc(C(F)(F)F)c(OCOC2CC3CC2C2CCCC32)c1. The first-order valence-electron chi connectivity index (χ1n) is 9.01. The van der Waals surface area contributed by atoms with Crippen molar-refractivity contribution in [3.05, 3.63) is 29.3 Å². The van der Waals surface area contributed by atoms with Gasteiger partial charge in [-0.1, -0.05) is 12.5 Å². The highest BCUT2D eigenvalue weighted by Crippen LogP contribution is 2.59. The van der Waals surface area contributed by atoms with E-state index in [1.165, 1.54) is 19.3 Å². The first-order valence-corrected chi connectivity index (χ1v) is 9.01. The summed E-state index contributed by atoms with van der Waals surface area (Å²) >= 11 is 0. The second kappa shape index (κ2) is 6.44. The van der Waals surface area contributed by atoms with Gasteiger partial charge in [0.1, 0.15) is 5.75 Å². The highest BCUT2D eigenvalue weighted by molar-refractivity contribution is 5.86. The average molecular weight is 369 g/mol. The van der Waals surface area contributed by atoms with Crippen LogP contribution < -0.4 is 9.84 Å². The number of benzene rings is 1. The highest BCUT2D eigenvalue weighted by Gasteiger charge is 2.54. The maximum Gasteiger partial charge on any atom is 0.419 e. The molecule has 5 atom stereocenters. The predicted octanol–water partition coefficient (Wildman–Crippen LogP) is 3.25. The number of halogens is 3. The molecule has 3 fully saturated rings. The zero-order valence-corrected chi connectivity index (χ0v) is 14.1. The van der Waals surface area contributed by atoms with E-state index in [4.69, 9.17) is 9.47 Å². The van der Waals surface area contributed by atoms with Crippen molar-refractivity contribution in [1.29, 1.82) is 0 Å². The summed E-state index contributed by atoms with van der Waals surface area (Å²) in [5, 5.41) is 10.9. The first-order chi connectivity index (χ1) is 12.3. The molecule has 0 heterocycles. The molecule has 1 aromatic rings. The molecule has 0 amide bonds. The minimum atomic E-state index is -4.64. The van der Waals surface area contributed by atoms with Crippen LogP contribution in [0.3, 0.4) is 0 Å². The van der Waals surface area contributed by atoms with E-state index in [0.29, 0.717) is 23.8 Å². The van der Waals surface area contributed by atoms with Crippen molar-refractivity contribution >= 4 is 5.97 Å². The third kappa shape index (κ3) is 3.06. The van der Waals surface area contributed by atoms with Gasteiger partial charge in [-0.05, 0) is 61.5 Å². The Morgan fingerprint density at radius 2 is 1.92 bits per heavy atom. The van der Waals surface area contributed by atoms with Gasteiger partial charge in [0.05, 0.1) is 17.6 Å². The van der Waals surface area contributed by atoms with Crippen molar-refractivity contribution in [3.63, 3.8) is 0 Å². The zero-order chi connectivity index (χ0) is 18.5. The number of carbonyl (C=O) groups excluding carboxylic acids is 1. The summed E-state index contributed by atoms with van der Waals surface area (Å²) in [5.41, 5.74) is -1.38. The Morgan fingerprint density at radius 3 is 2.65 bits per heavy atom. The Bertz CT molecular complexity index is 703. The van der Waals surface area contributed by atoms with Crippen molar-refractivity contribution in [2.75, 3.05) is 6.79 Å². The molecule has 142 valence electrons. The first kappa shape index (κ1) is 17.6. The van der Waals surface area contributed by atoms with Gasteiger partial charge in [0, 0.05) is 5.56 Å². The fourth-order valence-corrected chi connectivity index (χ4v) is 5.38. The van der Waals surface area contributed by atoms with Gasteiger partial charge >= 0.3 is 6.18 Å². The van der Waals surface area contributed by atoms with Gasteiger partial charge in [-0.2, -0.15) is 13.2 Å². The molecule has 5 unspecified atom stereocenters. The van der Waals surface area contributed by atoms with Crippen LogP contribution in [-0.4, -0.2) is 18.9 Å². The molecule has 7 heteroatoms. The second-order valence-corrected chi connectivity index (χ2v) is 7.62. The molecule has 0 aromatic heterocycles. The van der Waals surface area contributed by atoms with E-state index in [0.717, 1.165) is 30.9 Å². The quantitative estimate of drug-likeness (QED) is 0.748. The molecule has 0 N–H and O–H groups in total. The van der Waals surface area contributed by atoms with Crippen molar-refractivity contribution in [2.24, 2.45) is 23.7 Å². The minimum absolute atomic E-state index is 0.0259. The van der Waals surface area contributed by atoms with Crippen LogP contribution in [0, 0.1) is 23.7 Å². The molecule has 0 spiro atoms. The highest BCUT2D eigenvalue weighted by atomic mass is 19.4. The largest absolute Gasteiger partial charge is 0.545 e. The number of hydrogen-bond donors (Lipinski definition) is 0. The molecule has 0 saturated heterocycles. The molecular formula is C19H20F3O4-. The smallest absolute Gasteiger partial charge is 0.419 e. The second-order valence-electron chi connectivity index (χ2n) is 7.62. The maximum atomic E-state index is 13.1. The lowest BCUT2D eigenvalue weighted by molar-refractivity contribution is -0.255. The number of fused-ring (bicyclic) bond motifs is 5. The molecule has 4 nitrogen and oxygen atoms in total. The van der Waals surface area contributed by atoms with Crippen LogP contribution in [0.1, 0.15) is 48.0 Å². The summed E-state index contributed by atoms with van der Waals surface area (Å²) in [7, 11) is 0. The number of ether oxygens (including phenoxy) is 2. The molecule has 26 heavy (non-hydrogen) atoms. The lowest BCUT2D eigenvalue weighted by Crippen LogP contribution is -2.31. The molecule has 4 rings (SSSR count). The van der Waals surface area contributed by atoms with Gasteiger partial charge in [0.15, 0.2) is 6.79 Å². The molecule has 3 saturated carbocycles. The summed E-state index contributed by atoms with van der Waals surface area (Å²) in [5.74, 6) is 0.548. The summed E-state index contributed by atoms with van der Waals surface area (Å²) in [6, 6.07) is 2.40. The number of carbonyl (C=O) groups is 1. The van der Waals surface area contributed by atoms with Gasteiger partial charge < -0.3 is 19.4 Å². The molecule has 3 aliphatic carbocycles. The normalized spacial score (nSPS) is 32.7. The fourth-order valence-electron chi connectivity index (χ4n) is 5.38. The molecule has 0 aliphatic heterocycles. The van der Waals surface area contributed by atoms with Crippen LogP contribution in [-0.2, 0) is 10.9 Å². The van der Waals surface area contributed by atoms with Crippen LogP contribution in [0.15, 0.2) is 18.2 Å². The number of rotatable bonds is 5. The predicted molar refractivity (Wildman–Crippen MR) is 83.2 cm³/mol. The summed E-state index contributed by atoms with van der Waals surface area (Å²) in [6.45, 7) is -0.315. The summed E-state index contributed by atoms with van der Waals surface area (Å²) in [4.78, 5) is 10.9. The molecule has 1 aromatic carbocycles. The third-order valence-corrected chi connectivity index (χ3v) is 6.39. The van der Waals surface area contributed by atoms with E-state index in [2.05, 4.69) is 0 Å². The number of carboxylic acid groups (broad SMARTS) is 1. The Kier molecular flexibility index (Phi) is 4.37. The standard InChI is InChI=1S/C19H21F3O4/c20-19(21,22)15-5-4-10(18(23)24)7-17(15)26-9-25-16-8-11-6-14(16)13-3-1-2-12(11)13/h4-5,7,11-14,16H,1-3,6,8-9H2,(H,23,24)/p-1. The number of alkyl halides is 3.